The fourth-order valence-corrected chi connectivity index (χ4v) is 2.60. The number of piperidine rings is 1. The van der Waals surface area contributed by atoms with E-state index in [9.17, 15) is 0 Å². The van der Waals surface area contributed by atoms with Crippen molar-refractivity contribution >= 4 is 0 Å². The highest BCUT2D eigenvalue weighted by atomic mass is 15.4. The minimum Gasteiger partial charge on any atom is -0.320 e. The first kappa shape index (κ1) is 7.35. The highest BCUT2D eigenvalue weighted by molar-refractivity contribution is 4.98. The number of quaternary nitrogens is 1. The number of fused-ring (bicyclic) bond motifs is 2. The smallest absolute Gasteiger partial charge is 0.107 e. The molecule has 0 amide bonds. The highest BCUT2D eigenvalue weighted by Crippen LogP contribution is 2.33. The molecule has 2 aliphatic rings. The van der Waals surface area contributed by atoms with Crippen molar-refractivity contribution < 1.29 is 4.48 Å². The maximum atomic E-state index is 2.43. The molecule has 0 N–H and O–H groups in total. The Morgan fingerprint density at radius 1 is 1.27 bits per heavy atom. The van der Waals surface area contributed by atoms with Gasteiger partial charge in [-0.1, -0.05) is 6.08 Å². The van der Waals surface area contributed by atoms with Crippen molar-refractivity contribution in [3.8, 4) is 0 Å². The van der Waals surface area contributed by atoms with Gasteiger partial charge in [0.1, 0.15) is 6.04 Å². The summed E-state index contributed by atoms with van der Waals surface area (Å²) >= 11 is 0. The summed E-state index contributed by atoms with van der Waals surface area (Å²) in [5, 5.41) is 0. The summed E-state index contributed by atoms with van der Waals surface area (Å²) in [6.07, 6.45) is 10.4. The molecule has 0 aromatic rings. The van der Waals surface area contributed by atoms with Crippen molar-refractivity contribution in [2.24, 2.45) is 0 Å². The lowest BCUT2D eigenvalue weighted by Gasteiger charge is -2.48. The van der Waals surface area contributed by atoms with Gasteiger partial charge < -0.3 is 4.48 Å². The lowest BCUT2D eigenvalue weighted by molar-refractivity contribution is -0.939. The predicted molar refractivity (Wildman–Crippen MR) is 47.3 cm³/mol. The van der Waals surface area contributed by atoms with Crippen LogP contribution in [0.15, 0.2) is 12.2 Å². The monoisotopic (exact) mass is 152 g/mol. The first-order valence-electron chi connectivity index (χ1n) is 4.71. The molecule has 0 aromatic heterocycles. The molecule has 0 radical (unpaired) electrons. The van der Waals surface area contributed by atoms with Crippen molar-refractivity contribution in [3.63, 3.8) is 0 Å². The lowest BCUT2D eigenvalue weighted by Crippen LogP contribution is -2.58. The Hall–Kier alpha value is -0.300. The minimum atomic E-state index is 0.822. The molecule has 2 heterocycles. The Morgan fingerprint density at radius 2 is 2.09 bits per heavy atom. The molecular weight excluding hydrogens is 134 g/mol. The lowest BCUT2D eigenvalue weighted by atomic mass is 9.87. The van der Waals surface area contributed by atoms with Crippen LogP contribution in [0.25, 0.3) is 0 Å². The molecule has 11 heavy (non-hydrogen) atoms. The molecule has 1 fully saturated rings. The van der Waals surface area contributed by atoms with E-state index in [0.717, 1.165) is 12.1 Å². The van der Waals surface area contributed by atoms with Crippen LogP contribution in [0.5, 0.6) is 0 Å². The normalized spacial score (nSPS) is 40.5. The van der Waals surface area contributed by atoms with E-state index in [-0.39, 0.29) is 0 Å². The maximum absolute atomic E-state index is 2.43. The molecule has 0 aromatic carbocycles. The number of rotatable bonds is 0. The first-order valence-corrected chi connectivity index (χ1v) is 4.71. The van der Waals surface area contributed by atoms with Crippen molar-refractivity contribution in [1.29, 1.82) is 0 Å². The third kappa shape index (κ3) is 1.02. The topological polar surface area (TPSA) is 0 Å². The quantitative estimate of drug-likeness (QED) is 0.367. The van der Waals surface area contributed by atoms with Gasteiger partial charge in [0, 0.05) is 12.8 Å². The summed E-state index contributed by atoms with van der Waals surface area (Å²) < 4.78 is 1.25. The van der Waals surface area contributed by atoms with Crippen LogP contribution in [0.2, 0.25) is 0 Å². The zero-order valence-electron chi connectivity index (χ0n) is 7.59. The molecular formula is C10H18N+. The number of nitrogens with zero attached hydrogens (tertiary/aromatic N) is 1. The van der Waals surface area contributed by atoms with Crippen molar-refractivity contribution in [2.75, 3.05) is 14.1 Å². The van der Waals surface area contributed by atoms with Gasteiger partial charge in [-0.2, -0.15) is 0 Å². The molecule has 1 saturated heterocycles. The van der Waals surface area contributed by atoms with E-state index >= 15 is 0 Å². The fraction of sp³-hybridized carbons (Fsp3) is 0.800. The Morgan fingerprint density at radius 3 is 2.73 bits per heavy atom. The van der Waals surface area contributed by atoms with Crippen molar-refractivity contribution in [2.45, 2.75) is 37.8 Å². The molecule has 2 atom stereocenters. The molecule has 2 rings (SSSR count). The van der Waals surface area contributed by atoms with Gasteiger partial charge in [0.05, 0.1) is 20.1 Å². The zero-order valence-corrected chi connectivity index (χ0v) is 7.59. The molecule has 0 aliphatic carbocycles. The van der Waals surface area contributed by atoms with Gasteiger partial charge in [0.2, 0.25) is 0 Å². The average molecular weight is 152 g/mol. The maximum Gasteiger partial charge on any atom is 0.107 e. The van der Waals surface area contributed by atoms with E-state index in [1.807, 2.05) is 0 Å². The standard InChI is InChI=1S/C10H18N/c1-11(2)9-5-3-6-10(11)8-4-7-9/h3,5,9-10H,4,6-8H2,1-2H3/q+1/t9-,10-/m1/s1. The molecule has 0 spiro atoms. The molecule has 62 valence electrons. The van der Waals surface area contributed by atoms with E-state index < -0.39 is 0 Å². The molecule has 0 unspecified atom stereocenters. The summed E-state index contributed by atoms with van der Waals surface area (Å²) in [6, 6.07) is 1.74. The van der Waals surface area contributed by atoms with E-state index in [1.165, 1.54) is 30.2 Å². The van der Waals surface area contributed by atoms with Crippen LogP contribution in [0.3, 0.4) is 0 Å². The van der Waals surface area contributed by atoms with Gasteiger partial charge in [0.15, 0.2) is 0 Å². The second-order valence-electron chi connectivity index (χ2n) is 4.45. The fourth-order valence-electron chi connectivity index (χ4n) is 2.60. The van der Waals surface area contributed by atoms with Gasteiger partial charge in [-0.3, -0.25) is 0 Å². The summed E-state index contributed by atoms with van der Waals surface area (Å²) in [6.45, 7) is 0. The summed E-state index contributed by atoms with van der Waals surface area (Å²) in [5.74, 6) is 0. The summed E-state index contributed by atoms with van der Waals surface area (Å²) in [7, 11) is 4.77. The minimum absolute atomic E-state index is 0.822. The van der Waals surface area contributed by atoms with Gasteiger partial charge in [-0.05, 0) is 18.9 Å². The van der Waals surface area contributed by atoms with Crippen molar-refractivity contribution in [3.05, 3.63) is 12.2 Å². The van der Waals surface area contributed by atoms with Crippen LogP contribution in [0.1, 0.15) is 25.7 Å². The highest BCUT2D eigenvalue weighted by Gasteiger charge is 2.39. The number of likely N-dealkylation sites (N-methyl/N-ethyl adjacent to an activating group) is 1. The van der Waals surface area contributed by atoms with Gasteiger partial charge in [-0.15, -0.1) is 0 Å². The van der Waals surface area contributed by atoms with E-state index in [4.69, 9.17) is 0 Å². The second-order valence-corrected chi connectivity index (χ2v) is 4.45. The van der Waals surface area contributed by atoms with Crippen LogP contribution in [0.4, 0.5) is 0 Å². The van der Waals surface area contributed by atoms with Crippen LogP contribution in [-0.2, 0) is 0 Å². The van der Waals surface area contributed by atoms with E-state index in [0.29, 0.717) is 0 Å². The Bertz CT molecular complexity index is 181. The van der Waals surface area contributed by atoms with Crippen LogP contribution < -0.4 is 0 Å². The van der Waals surface area contributed by atoms with E-state index in [1.54, 1.807) is 0 Å². The average Bonchev–Trinajstić information content (AvgIpc) is 1.82. The van der Waals surface area contributed by atoms with Gasteiger partial charge in [-0.25, -0.2) is 0 Å². The van der Waals surface area contributed by atoms with Crippen LogP contribution in [-0.4, -0.2) is 30.7 Å². The van der Waals surface area contributed by atoms with Crippen molar-refractivity contribution in [1.82, 2.24) is 0 Å². The van der Waals surface area contributed by atoms with E-state index in [2.05, 4.69) is 26.2 Å². The summed E-state index contributed by atoms with van der Waals surface area (Å²) in [4.78, 5) is 0. The Balaban J connectivity index is 2.28. The predicted octanol–water partition coefficient (Wildman–Crippen LogP) is 1.94. The van der Waals surface area contributed by atoms with Gasteiger partial charge in [0.25, 0.3) is 0 Å². The molecule has 2 bridgehead atoms. The molecule has 0 saturated carbocycles. The van der Waals surface area contributed by atoms with Gasteiger partial charge >= 0.3 is 0 Å². The molecule has 1 heteroatoms. The summed E-state index contributed by atoms with van der Waals surface area (Å²) in [5.41, 5.74) is 0. The third-order valence-electron chi connectivity index (χ3n) is 3.60. The largest absolute Gasteiger partial charge is 0.320 e. The number of hydrogen-bond donors (Lipinski definition) is 0. The Labute approximate surface area is 69.3 Å². The Kier molecular flexibility index (Phi) is 1.57. The van der Waals surface area contributed by atoms with Crippen LogP contribution in [0, 0.1) is 0 Å². The molecule has 2 aliphatic heterocycles. The zero-order chi connectivity index (χ0) is 7.90. The number of hydrogen-bond acceptors (Lipinski definition) is 0. The third-order valence-corrected chi connectivity index (χ3v) is 3.60. The SMILES string of the molecule is C[N+]1(C)[C@@H]2CC=C[C@@H]1CCC2. The second kappa shape index (κ2) is 2.34. The first-order chi connectivity index (χ1) is 5.21. The molecule has 1 nitrogen and oxygen atoms in total. The van der Waals surface area contributed by atoms with Crippen LogP contribution >= 0.6 is 0 Å².